The molecule has 2 aromatic rings. The van der Waals surface area contributed by atoms with Crippen molar-refractivity contribution in [3.05, 3.63) is 48.8 Å². The van der Waals surface area contributed by atoms with Crippen molar-refractivity contribution >= 4 is 17.4 Å². The summed E-state index contributed by atoms with van der Waals surface area (Å²) in [5.41, 5.74) is 6.51. The van der Waals surface area contributed by atoms with Gasteiger partial charge in [-0.25, -0.2) is 0 Å². The number of pyridine rings is 1. The summed E-state index contributed by atoms with van der Waals surface area (Å²) in [5, 5.41) is 0. The van der Waals surface area contributed by atoms with E-state index in [2.05, 4.69) is 17.1 Å². The number of nitrogen functional groups attached to an aromatic ring is 1. The molecule has 0 aliphatic rings. The van der Waals surface area contributed by atoms with Crippen LogP contribution in [0.15, 0.2) is 58.6 Å². The largest absolute Gasteiger partial charge is 0.397 e. The molecule has 0 spiro atoms. The molecule has 14 heavy (non-hydrogen) atoms. The van der Waals surface area contributed by atoms with E-state index in [1.807, 2.05) is 24.3 Å². The molecule has 3 heteroatoms. The Bertz CT molecular complexity index is 415. The molecule has 0 unspecified atom stereocenters. The van der Waals surface area contributed by atoms with Gasteiger partial charge in [0.15, 0.2) is 0 Å². The minimum Gasteiger partial charge on any atom is -0.397 e. The highest BCUT2D eigenvalue weighted by molar-refractivity contribution is 7.99. The van der Waals surface area contributed by atoms with Gasteiger partial charge in [-0.15, -0.1) is 0 Å². The maximum atomic E-state index is 5.79. The second kappa shape index (κ2) is 4.15. The van der Waals surface area contributed by atoms with E-state index in [0.717, 1.165) is 10.6 Å². The number of nitrogens with zero attached hydrogens (tertiary/aromatic N) is 1. The quantitative estimate of drug-likeness (QED) is 0.813. The van der Waals surface area contributed by atoms with E-state index in [1.165, 1.54) is 4.90 Å². The summed E-state index contributed by atoms with van der Waals surface area (Å²) in [4.78, 5) is 6.18. The van der Waals surface area contributed by atoms with Crippen molar-refractivity contribution in [1.29, 1.82) is 0 Å². The third-order valence-electron chi connectivity index (χ3n) is 1.78. The van der Waals surface area contributed by atoms with Gasteiger partial charge in [-0.05, 0) is 18.2 Å². The fourth-order valence-corrected chi connectivity index (χ4v) is 1.95. The lowest BCUT2D eigenvalue weighted by Crippen LogP contribution is -1.88. The number of rotatable bonds is 2. The Morgan fingerprint density at radius 3 is 2.57 bits per heavy atom. The van der Waals surface area contributed by atoms with E-state index in [4.69, 9.17) is 5.73 Å². The number of anilines is 1. The van der Waals surface area contributed by atoms with Gasteiger partial charge in [0.25, 0.3) is 0 Å². The zero-order valence-electron chi connectivity index (χ0n) is 7.55. The summed E-state index contributed by atoms with van der Waals surface area (Å²) in [6.45, 7) is 0. The molecule has 1 heterocycles. The molecule has 0 radical (unpaired) electrons. The molecule has 1 aromatic carbocycles. The van der Waals surface area contributed by atoms with Crippen molar-refractivity contribution in [3.63, 3.8) is 0 Å². The van der Waals surface area contributed by atoms with Crippen molar-refractivity contribution in [3.8, 4) is 0 Å². The van der Waals surface area contributed by atoms with Gasteiger partial charge >= 0.3 is 0 Å². The van der Waals surface area contributed by atoms with Gasteiger partial charge in [-0.1, -0.05) is 30.0 Å². The lowest BCUT2D eigenvalue weighted by atomic mass is 10.4. The highest BCUT2D eigenvalue weighted by Gasteiger charge is 1.99. The highest BCUT2D eigenvalue weighted by Crippen LogP contribution is 2.30. The van der Waals surface area contributed by atoms with Crippen molar-refractivity contribution in [2.45, 2.75) is 9.79 Å². The Hall–Kier alpha value is -1.48. The topological polar surface area (TPSA) is 38.9 Å². The first-order valence-corrected chi connectivity index (χ1v) is 5.10. The van der Waals surface area contributed by atoms with Gasteiger partial charge in [-0.2, -0.15) is 0 Å². The molecule has 0 saturated carbocycles. The molecule has 0 aliphatic heterocycles. The molecule has 0 bridgehead atoms. The van der Waals surface area contributed by atoms with Gasteiger partial charge in [-0.3, -0.25) is 4.98 Å². The first-order chi connectivity index (χ1) is 6.86. The van der Waals surface area contributed by atoms with E-state index < -0.39 is 0 Å². The van der Waals surface area contributed by atoms with Crippen LogP contribution in [0.5, 0.6) is 0 Å². The van der Waals surface area contributed by atoms with Gasteiger partial charge in [0.2, 0.25) is 0 Å². The fraction of sp³-hybridized carbons (Fsp3) is 0. The van der Waals surface area contributed by atoms with Crippen molar-refractivity contribution in [1.82, 2.24) is 4.98 Å². The van der Waals surface area contributed by atoms with Crippen LogP contribution >= 0.6 is 11.8 Å². The third kappa shape index (κ3) is 2.06. The first kappa shape index (κ1) is 9.09. The summed E-state index contributed by atoms with van der Waals surface area (Å²) in [7, 11) is 0. The van der Waals surface area contributed by atoms with Crippen molar-refractivity contribution in [2.75, 3.05) is 5.73 Å². The molecule has 0 aliphatic carbocycles. The Labute approximate surface area is 87.2 Å². The van der Waals surface area contributed by atoms with Crippen LogP contribution in [0.1, 0.15) is 0 Å². The summed E-state index contributed by atoms with van der Waals surface area (Å²) in [6, 6.07) is 12.1. The minimum absolute atomic E-state index is 0.723. The minimum atomic E-state index is 0.723. The van der Waals surface area contributed by atoms with Crippen LogP contribution in [0.2, 0.25) is 0 Å². The second-order valence-electron chi connectivity index (χ2n) is 2.83. The smallest absolute Gasteiger partial charge is 0.0642 e. The van der Waals surface area contributed by atoms with Crippen LogP contribution < -0.4 is 5.73 Å². The van der Waals surface area contributed by atoms with E-state index in [9.17, 15) is 0 Å². The highest BCUT2D eigenvalue weighted by atomic mass is 32.2. The summed E-state index contributed by atoms with van der Waals surface area (Å²) >= 11 is 1.65. The predicted octanol–water partition coefficient (Wildman–Crippen LogP) is 2.82. The van der Waals surface area contributed by atoms with Crippen LogP contribution in [0.3, 0.4) is 0 Å². The van der Waals surface area contributed by atoms with Gasteiger partial charge in [0.05, 0.1) is 11.9 Å². The lowest BCUT2D eigenvalue weighted by molar-refractivity contribution is 1.27. The molecule has 0 amide bonds. The monoisotopic (exact) mass is 202 g/mol. The Kier molecular flexibility index (Phi) is 2.70. The van der Waals surface area contributed by atoms with Crippen LogP contribution in [0, 0.1) is 0 Å². The summed E-state index contributed by atoms with van der Waals surface area (Å²) in [6.07, 6.45) is 3.42. The van der Waals surface area contributed by atoms with Crippen molar-refractivity contribution < 1.29 is 0 Å². The molecule has 0 atom stereocenters. The number of aromatic nitrogens is 1. The average Bonchev–Trinajstić information content (AvgIpc) is 2.23. The standard InChI is InChI=1S/C11H10N2S/c12-10-8-13-7-6-11(10)14-9-4-2-1-3-5-9/h1-8H,12H2. The van der Waals surface area contributed by atoms with E-state index >= 15 is 0 Å². The normalized spacial score (nSPS) is 10.0. The lowest BCUT2D eigenvalue weighted by Gasteiger charge is -2.03. The Morgan fingerprint density at radius 1 is 1.07 bits per heavy atom. The van der Waals surface area contributed by atoms with Crippen molar-refractivity contribution in [2.24, 2.45) is 0 Å². The first-order valence-electron chi connectivity index (χ1n) is 4.28. The maximum Gasteiger partial charge on any atom is 0.0642 e. The van der Waals surface area contributed by atoms with E-state index in [1.54, 1.807) is 24.2 Å². The molecule has 70 valence electrons. The molecule has 1 aromatic heterocycles. The number of benzene rings is 1. The second-order valence-corrected chi connectivity index (χ2v) is 3.94. The van der Waals surface area contributed by atoms with Crippen LogP contribution in [0.25, 0.3) is 0 Å². The molecule has 2 nitrogen and oxygen atoms in total. The third-order valence-corrected chi connectivity index (χ3v) is 2.88. The van der Waals surface area contributed by atoms with Gasteiger partial charge in [0, 0.05) is 16.0 Å². The van der Waals surface area contributed by atoms with Gasteiger partial charge < -0.3 is 5.73 Å². The Morgan fingerprint density at radius 2 is 1.86 bits per heavy atom. The maximum absolute atomic E-state index is 5.79. The molecular weight excluding hydrogens is 192 g/mol. The SMILES string of the molecule is Nc1cnccc1Sc1ccccc1. The van der Waals surface area contributed by atoms with Crippen LogP contribution in [0.4, 0.5) is 5.69 Å². The summed E-state index contributed by atoms with van der Waals surface area (Å²) < 4.78 is 0. The van der Waals surface area contributed by atoms with E-state index in [-0.39, 0.29) is 0 Å². The molecule has 0 saturated heterocycles. The number of nitrogens with two attached hydrogens (primary N) is 1. The summed E-state index contributed by atoms with van der Waals surface area (Å²) in [5.74, 6) is 0. The predicted molar refractivity (Wildman–Crippen MR) is 59.2 cm³/mol. The number of hydrogen-bond acceptors (Lipinski definition) is 3. The average molecular weight is 202 g/mol. The Balaban J connectivity index is 2.24. The zero-order chi connectivity index (χ0) is 9.80. The molecule has 2 rings (SSSR count). The zero-order valence-corrected chi connectivity index (χ0v) is 8.37. The molecule has 2 N–H and O–H groups in total. The van der Waals surface area contributed by atoms with Crippen LogP contribution in [-0.2, 0) is 0 Å². The molecular formula is C11H10N2S. The van der Waals surface area contributed by atoms with Gasteiger partial charge in [0.1, 0.15) is 0 Å². The van der Waals surface area contributed by atoms with Crippen LogP contribution in [-0.4, -0.2) is 4.98 Å². The molecule has 0 fully saturated rings. The van der Waals surface area contributed by atoms with E-state index in [0.29, 0.717) is 0 Å². The fourth-order valence-electron chi connectivity index (χ4n) is 1.10. The number of hydrogen-bond donors (Lipinski definition) is 1.